The molecule has 0 aliphatic carbocycles. The molecule has 0 spiro atoms. The number of aliphatic carboxylic acids is 1. The van der Waals surface area contributed by atoms with Gasteiger partial charge in [-0.25, -0.2) is 4.79 Å². The SMILES string of the molecule is CCN(CC)C(=O)CCCNC(=O)N(C)CCC(=O)O. The van der Waals surface area contributed by atoms with E-state index in [1.165, 1.54) is 4.90 Å². The van der Waals surface area contributed by atoms with Gasteiger partial charge in [-0.3, -0.25) is 9.59 Å². The van der Waals surface area contributed by atoms with Crippen LogP contribution in [0.25, 0.3) is 0 Å². The van der Waals surface area contributed by atoms with Crippen molar-refractivity contribution < 1.29 is 19.5 Å². The number of carbonyl (C=O) groups excluding carboxylic acids is 2. The van der Waals surface area contributed by atoms with Crippen molar-refractivity contribution in [1.82, 2.24) is 15.1 Å². The Bertz CT molecular complexity index is 330. The molecule has 0 heterocycles. The van der Waals surface area contributed by atoms with Gasteiger partial charge < -0.3 is 20.2 Å². The molecule has 0 aromatic rings. The first-order chi connectivity index (χ1) is 9.42. The van der Waals surface area contributed by atoms with Crippen LogP contribution in [0.5, 0.6) is 0 Å². The fourth-order valence-electron chi connectivity index (χ4n) is 1.67. The molecule has 0 saturated heterocycles. The number of carbonyl (C=O) groups is 3. The topological polar surface area (TPSA) is 90.0 Å². The van der Waals surface area contributed by atoms with E-state index in [1.54, 1.807) is 11.9 Å². The molecule has 20 heavy (non-hydrogen) atoms. The van der Waals surface area contributed by atoms with E-state index in [4.69, 9.17) is 5.11 Å². The van der Waals surface area contributed by atoms with Crippen LogP contribution in [0.1, 0.15) is 33.1 Å². The molecule has 7 heteroatoms. The van der Waals surface area contributed by atoms with Gasteiger partial charge in [0.2, 0.25) is 5.91 Å². The molecule has 3 amide bonds. The van der Waals surface area contributed by atoms with Crippen LogP contribution in [-0.4, -0.2) is 66.0 Å². The van der Waals surface area contributed by atoms with E-state index in [2.05, 4.69) is 5.32 Å². The zero-order chi connectivity index (χ0) is 15.5. The minimum absolute atomic E-state index is 0.0790. The Morgan fingerprint density at radius 3 is 2.20 bits per heavy atom. The van der Waals surface area contributed by atoms with Crippen molar-refractivity contribution >= 4 is 17.9 Å². The molecule has 0 rings (SSSR count). The van der Waals surface area contributed by atoms with E-state index in [0.717, 1.165) is 0 Å². The summed E-state index contributed by atoms with van der Waals surface area (Å²) in [6, 6.07) is -0.318. The average molecular weight is 287 g/mol. The summed E-state index contributed by atoms with van der Waals surface area (Å²) in [6.45, 7) is 5.82. The average Bonchev–Trinajstić information content (AvgIpc) is 2.41. The Kier molecular flexibility index (Phi) is 9.15. The van der Waals surface area contributed by atoms with Crippen molar-refractivity contribution in [1.29, 1.82) is 0 Å². The second-order valence-corrected chi connectivity index (χ2v) is 4.47. The molecule has 0 aromatic heterocycles. The molecule has 0 unspecified atom stereocenters. The molecule has 0 aromatic carbocycles. The van der Waals surface area contributed by atoms with Crippen LogP contribution in [0, 0.1) is 0 Å². The van der Waals surface area contributed by atoms with Gasteiger partial charge in [0.05, 0.1) is 6.42 Å². The second kappa shape index (κ2) is 10.1. The van der Waals surface area contributed by atoms with E-state index >= 15 is 0 Å². The summed E-state index contributed by atoms with van der Waals surface area (Å²) < 4.78 is 0. The Balaban J connectivity index is 3.81. The number of urea groups is 1. The van der Waals surface area contributed by atoms with Crippen LogP contribution < -0.4 is 5.32 Å². The second-order valence-electron chi connectivity index (χ2n) is 4.47. The Labute approximate surface area is 119 Å². The summed E-state index contributed by atoms with van der Waals surface area (Å²) in [7, 11) is 1.54. The molecule has 2 N–H and O–H groups in total. The molecule has 0 atom stereocenters. The number of amides is 3. The molecule has 7 nitrogen and oxygen atoms in total. The fraction of sp³-hybridized carbons (Fsp3) is 0.769. The van der Waals surface area contributed by atoms with Crippen LogP contribution in [0.3, 0.4) is 0 Å². The molecule has 0 aliphatic heterocycles. The normalized spacial score (nSPS) is 9.95. The Hall–Kier alpha value is -1.79. The number of nitrogens with zero attached hydrogens (tertiary/aromatic N) is 2. The lowest BCUT2D eigenvalue weighted by Gasteiger charge is -2.19. The number of carboxylic acid groups (broad SMARTS) is 1. The first-order valence-electron chi connectivity index (χ1n) is 6.90. The molecule has 0 saturated carbocycles. The zero-order valence-electron chi connectivity index (χ0n) is 12.5. The molecule has 0 fully saturated rings. The van der Waals surface area contributed by atoms with E-state index in [9.17, 15) is 14.4 Å². The van der Waals surface area contributed by atoms with Crippen molar-refractivity contribution in [2.45, 2.75) is 33.1 Å². The van der Waals surface area contributed by atoms with Crippen LogP contribution in [0.15, 0.2) is 0 Å². The van der Waals surface area contributed by atoms with Gasteiger partial charge in [-0.1, -0.05) is 0 Å². The van der Waals surface area contributed by atoms with Crippen LogP contribution in [0.2, 0.25) is 0 Å². The van der Waals surface area contributed by atoms with Crippen molar-refractivity contribution in [2.24, 2.45) is 0 Å². The van der Waals surface area contributed by atoms with Crippen molar-refractivity contribution in [2.75, 3.05) is 33.2 Å². The third kappa shape index (κ3) is 7.60. The molecule has 116 valence electrons. The van der Waals surface area contributed by atoms with Gasteiger partial charge in [0.15, 0.2) is 0 Å². The lowest BCUT2D eigenvalue weighted by atomic mass is 10.2. The predicted octanol–water partition coefficient (Wildman–Crippen LogP) is 0.751. The highest BCUT2D eigenvalue weighted by atomic mass is 16.4. The Morgan fingerprint density at radius 1 is 1.10 bits per heavy atom. The molecular formula is C13H25N3O4. The molecule has 0 aliphatic rings. The highest BCUT2D eigenvalue weighted by Gasteiger charge is 2.11. The van der Waals surface area contributed by atoms with Gasteiger partial charge in [-0.2, -0.15) is 0 Å². The number of rotatable bonds is 9. The number of hydrogen-bond acceptors (Lipinski definition) is 3. The lowest BCUT2D eigenvalue weighted by Crippen LogP contribution is -2.39. The van der Waals surface area contributed by atoms with Crippen LogP contribution >= 0.6 is 0 Å². The maximum absolute atomic E-state index is 11.7. The van der Waals surface area contributed by atoms with Crippen molar-refractivity contribution in [3.05, 3.63) is 0 Å². The van der Waals surface area contributed by atoms with Crippen molar-refractivity contribution in [3.8, 4) is 0 Å². The van der Waals surface area contributed by atoms with E-state index < -0.39 is 5.97 Å². The summed E-state index contributed by atoms with van der Waals surface area (Å²) in [5, 5.41) is 11.2. The quantitative estimate of drug-likeness (QED) is 0.612. The standard InChI is InChI=1S/C13H25N3O4/c1-4-16(5-2)11(17)7-6-9-14-13(20)15(3)10-8-12(18)19/h4-10H2,1-3H3,(H,14,20)(H,18,19). The highest BCUT2D eigenvalue weighted by Crippen LogP contribution is 1.97. The van der Waals surface area contributed by atoms with Crippen LogP contribution in [-0.2, 0) is 9.59 Å². The minimum Gasteiger partial charge on any atom is -0.481 e. The Morgan fingerprint density at radius 2 is 1.70 bits per heavy atom. The van der Waals surface area contributed by atoms with Gasteiger partial charge >= 0.3 is 12.0 Å². The van der Waals surface area contributed by atoms with E-state index in [1.807, 2.05) is 13.8 Å². The summed E-state index contributed by atoms with van der Waals surface area (Å²) in [4.78, 5) is 36.7. The first-order valence-corrected chi connectivity index (χ1v) is 6.90. The summed E-state index contributed by atoms with van der Waals surface area (Å²) in [5.74, 6) is -0.849. The minimum atomic E-state index is -0.936. The van der Waals surface area contributed by atoms with Gasteiger partial charge in [0, 0.05) is 39.6 Å². The summed E-state index contributed by atoms with van der Waals surface area (Å²) >= 11 is 0. The van der Waals surface area contributed by atoms with Gasteiger partial charge in [-0.05, 0) is 20.3 Å². The number of hydrogen-bond donors (Lipinski definition) is 2. The molecular weight excluding hydrogens is 262 g/mol. The smallest absolute Gasteiger partial charge is 0.317 e. The molecule has 0 radical (unpaired) electrons. The largest absolute Gasteiger partial charge is 0.481 e. The van der Waals surface area contributed by atoms with Gasteiger partial charge in [0.1, 0.15) is 0 Å². The monoisotopic (exact) mass is 287 g/mol. The fourth-order valence-corrected chi connectivity index (χ4v) is 1.67. The maximum Gasteiger partial charge on any atom is 0.317 e. The molecule has 0 bridgehead atoms. The highest BCUT2D eigenvalue weighted by molar-refractivity contribution is 5.76. The predicted molar refractivity (Wildman–Crippen MR) is 75.4 cm³/mol. The van der Waals surface area contributed by atoms with E-state index in [-0.39, 0.29) is 24.9 Å². The van der Waals surface area contributed by atoms with E-state index in [0.29, 0.717) is 32.5 Å². The zero-order valence-corrected chi connectivity index (χ0v) is 12.5. The van der Waals surface area contributed by atoms with Crippen molar-refractivity contribution in [3.63, 3.8) is 0 Å². The lowest BCUT2D eigenvalue weighted by molar-refractivity contribution is -0.137. The number of nitrogens with one attached hydrogen (secondary N) is 1. The summed E-state index contributed by atoms with van der Waals surface area (Å²) in [6.07, 6.45) is 0.902. The van der Waals surface area contributed by atoms with Gasteiger partial charge in [0.25, 0.3) is 0 Å². The third-order valence-electron chi connectivity index (χ3n) is 2.97. The van der Waals surface area contributed by atoms with Crippen LogP contribution in [0.4, 0.5) is 4.79 Å². The van der Waals surface area contributed by atoms with Gasteiger partial charge in [-0.15, -0.1) is 0 Å². The number of carboxylic acids is 1. The maximum atomic E-state index is 11.7. The summed E-state index contributed by atoms with van der Waals surface area (Å²) in [5.41, 5.74) is 0. The first kappa shape index (κ1) is 18.2. The third-order valence-corrected chi connectivity index (χ3v) is 2.97.